The van der Waals surface area contributed by atoms with Gasteiger partial charge in [-0.1, -0.05) is 13.0 Å². The molecule has 5 nitrogen and oxygen atoms in total. The van der Waals surface area contributed by atoms with E-state index in [0.29, 0.717) is 0 Å². The van der Waals surface area contributed by atoms with Crippen LogP contribution in [0.4, 0.5) is 0 Å². The number of imidazole rings is 1. The highest BCUT2D eigenvalue weighted by atomic mass is 16.5. The second kappa shape index (κ2) is 7.69. The van der Waals surface area contributed by atoms with Crippen molar-refractivity contribution >= 4 is 0 Å². The van der Waals surface area contributed by atoms with Crippen molar-refractivity contribution in [2.75, 3.05) is 20.8 Å². The summed E-state index contributed by atoms with van der Waals surface area (Å²) in [5.41, 5.74) is 1.11. The Morgan fingerprint density at radius 3 is 2.76 bits per heavy atom. The molecule has 1 unspecified atom stereocenters. The molecule has 0 saturated heterocycles. The molecule has 0 aliphatic rings. The van der Waals surface area contributed by atoms with Gasteiger partial charge in [-0.3, -0.25) is 0 Å². The first kappa shape index (κ1) is 15.4. The monoisotopic (exact) mass is 289 g/mol. The van der Waals surface area contributed by atoms with Gasteiger partial charge in [0, 0.05) is 36.5 Å². The van der Waals surface area contributed by atoms with Gasteiger partial charge in [0.2, 0.25) is 0 Å². The fourth-order valence-electron chi connectivity index (χ4n) is 2.32. The maximum Gasteiger partial charge on any atom is 0.127 e. The zero-order valence-electron chi connectivity index (χ0n) is 12.8. The first-order chi connectivity index (χ1) is 10.3. The van der Waals surface area contributed by atoms with Crippen LogP contribution in [-0.2, 0) is 6.42 Å². The van der Waals surface area contributed by atoms with Crippen LogP contribution in [0.2, 0.25) is 0 Å². The van der Waals surface area contributed by atoms with Crippen LogP contribution >= 0.6 is 0 Å². The average molecular weight is 289 g/mol. The van der Waals surface area contributed by atoms with E-state index in [1.54, 1.807) is 20.4 Å². The third-order valence-electron chi connectivity index (χ3n) is 3.41. The molecule has 114 valence electrons. The first-order valence-corrected chi connectivity index (χ1v) is 7.22. The van der Waals surface area contributed by atoms with Gasteiger partial charge in [-0.15, -0.1) is 0 Å². The van der Waals surface area contributed by atoms with Gasteiger partial charge >= 0.3 is 0 Å². The minimum atomic E-state index is 0.150. The molecule has 2 rings (SSSR count). The minimum absolute atomic E-state index is 0.150. The Balaban J connectivity index is 2.26. The van der Waals surface area contributed by atoms with Crippen molar-refractivity contribution in [2.45, 2.75) is 25.8 Å². The Morgan fingerprint density at radius 1 is 1.29 bits per heavy atom. The molecule has 0 radical (unpaired) electrons. The second-order valence-corrected chi connectivity index (χ2v) is 4.85. The lowest BCUT2D eigenvalue weighted by molar-refractivity contribution is 0.383. The van der Waals surface area contributed by atoms with Crippen LogP contribution in [0, 0.1) is 0 Å². The van der Waals surface area contributed by atoms with Crippen LogP contribution in [0.1, 0.15) is 30.8 Å². The van der Waals surface area contributed by atoms with Gasteiger partial charge in [0.1, 0.15) is 17.3 Å². The number of methoxy groups -OCH3 is 2. The van der Waals surface area contributed by atoms with Gasteiger partial charge < -0.3 is 19.8 Å². The lowest BCUT2D eigenvalue weighted by Crippen LogP contribution is -2.25. The number of rotatable bonds is 8. The Hall–Kier alpha value is -2.01. The lowest BCUT2D eigenvalue weighted by atomic mass is 10.0. The highest BCUT2D eigenvalue weighted by molar-refractivity contribution is 5.42. The van der Waals surface area contributed by atoms with Gasteiger partial charge in [-0.2, -0.15) is 0 Å². The predicted octanol–water partition coefficient (Wildman–Crippen LogP) is 2.71. The van der Waals surface area contributed by atoms with E-state index in [0.717, 1.165) is 42.3 Å². The summed E-state index contributed by atoms with van der Waals surface area (Å²) in [5, 5.41) is 3.56. The molecule has 1 aromatic carbocycles. The number of hydrogen-bond acceptors (Lipinski definition) is 4. The molecule has 0 spiro atoms. The van der Waals surface area contributed by atoms with E-state index in [4.69, 9.17) is 9.47 Å². The molecule has 2 aromatic rings. The number of aromatic amines is 1. The molecular formula is C16H23N3O2. The number of nitrogens with zero attached hydrogens (tertiary/aromatic N) is 1. The molecule has 0 bridgehead atoms. The first-order valence-electron chi connectivity index (χ1n) is 7.22. The molecule has 1 atom stereocenters. The van der Waals surface area contributed by atoms with Crippen molar-refractivity contribution in [3.8, 4) is 11.5 Å². The zero-order chi connectivity index (χ0) is 15.1. The van der Waals surface area contributed by atoms with Gasteiger partial charge in [-0.05, 0) is 19.0 Å². The van der Waals surface area contributed by atoms with E-state index in [1.165, 1.54) is 0 Å². The summed E-state index contributed by atoms with van der Waals surface area (Å²) in [5.74, 6) is 2.58. The second-order valence-electron chi connectivity index (χ2n) is 4.85. The van der Waals surface area contributed by atoms with Crippen LogP contribution < -0.4 is 14.8 Å². The van der Waals surface area contributed by atoms with Crippen LogP contribution in [0.15, 0.2) is 30.6 Å². The molecule has 21 heavy (non-hydrogen) atoms. The van der Waals surface area contributed by atoms with Crippen LogP contribution in [0.5, 0.6) is 11.5 Å². The summed E-state index contributed by atoms with van der Waals surface area (Å²) in [4.78, 5) is 7.48. The van der Waals surface area contributed by atoms with Crippen molar-refractivity contribution in [2.24, 2.45) is 0 Å². The van der Waals surface area contributed by atoms with Crippen molar-refractivity contribution in [3.05, 3.63) is 42.0 Å². The maximum atomic E-state index is 5.52. The third-order valence-corrected chi connectivity index (χ3v) is 3.41. The third kappa shape index (κ3) is 3.98. The van der Waals surface area contributed by atoms with E-state index >= 15 is 0 Å². The SMILES string of the molecule is CCCNC(Cc1ncc[nH]1)c1ccc(OC)cc1OC. The molecule has 2 N–H and O–H groups in total. The highest BCUT2D eigenvalue weighted by Gasteiger charge is 2.18. The lowest BCUT2D eigenvalue weighted by Gasteiger charge is -2.21. The molecule has 0 fully saturated rings. The molecule has 5 heteroatoms. The molecule has 1 aromatic heterocycles. The number of nitrogens with one attached hydrogen (secondary N) is 2. The number of aromatic nitrogens is 2. The number of hydrogen-bond donors (Lipinski definition) is 2. The Morgan fingerprint density at radius 2 is 2.14 bits per heavy atom. The summed E-state index contributed by atoms with van der Waals surface area (Å²) in [7, 11) is 3.34. The van der Waals surface area contributed by atoms with E-state index in [1.807, 2.05) is 24.4 Å². The van der Waals surface area contributed by atoms with Crippen LogP contribution in [0.25, 0.3) is 0 Å². The predicted molar refractivity (Wildman–Crippen MR) is 82.9 cm³/mol. The van der Waals surface area contributed by atoms with Crippen molar-refractivity contribution in [1.29, 1.82) is 0 Å². The molecule has 0 aliphatic heterocycles. The molecule has 1 heterocycles. The summed E-state index contributed by atoms with van der Waals surface area (Å²) in [6.07, 6.45) is 5.48. The van der Waals surface area contributed by atoms with Crippen molar-refractivity contribution in [1.82, 2.24) is 15.3 Å². The average Bonchev–Trinajstić information content (AvgIpc) is 3.03. The normalized spacial score (nSPS) is 12.1. The Bertz CT molecular complexity index is 540. The Labute approximate surface area is 125 Å². The van der Waals surface area contributed by atoms with Gasteiger partial charge in [0.25, 0.3) is 0 Å². The topological polar surface area (TPSA) is 59.2 Å². The molecule has 0 amide bonds. The summed E-state index contributed by atoms with van der Waals surface area (Å²) in [6.45, 7) is 3.10. The number of H-pyrrole nitrogens is 1. The van der Waals surface area contributed by atoms with Crippen LogP contribution in [0.3, 0.4) is 0 Å². The maximum absolute atomic E-state index is 5.52. The quantitative estimate of drug-likeness (QED) is 0.784. The fraction of sp³-hybridized carbons (Fsp3) is 0.438. The standard InChI is InChI=1S/C16H23N3O2/c1-4-7-17-14(11-16-18-8-9-19-16)13-6-5-12(20-2)10-15(13)21-3/h5-6,8-10,14,17H,4,7,11H2,1-3H3,(H,18,19). The van der Waals surface area contributed by atoms with Gasteiger partial charge in [-0.25, -0.2) is 4.98 Å². The smallest absolute Gasteiger partial charge is 0.127 e. The largest absolute Gasteiger partial charge is 0.497 e. The Kier molecular flexibility index (Phi) is 5.63. The van der Waals surface area contributed by atoms with Crippen molar-refractivity contribution in [3.63, 3.8) is 0 Å². The van der Waals surface area contributed by atoms with Gasteiger partial charge in [0.05, 0.1) is 14.2 Å². The van der Waals surface area contributed by atoms with E-state index in [2.05, 4.69) is 22.2 Å². The summed E-state index contributed by atoms with van der Waals surface area (Å²) in [6, 6.07) is 6.07. The van der Waals surface area contributed by atoms with E-state index in [9.17, 15) is 0 Å². The minimum Gasteiger partial charge on any atom is -0.497 e. The number of ether oxygens (including phenoxy) is 2. The fourth-order valence-corrected chi connectivity index (χ4v) is 2.32. The van der Waals surface area contributed by atoms with Crippen molar-refractivity contribution < 1.29 is 9.47 Å². The number of benzene rings is 1. The summed E-state index contributed by atoms with van der Waals surface area (Å²) >= 11 is 0. The van der Waals surface area contributed by atoms with E-state index < -0.39 is 0 Å². The molecule has 0 saturated carbocycles. The molecular weight excluding hydrogens is 266 g/mol. The molecule has 0 aliphatic carbocycles. The summed E-state index contributed by atoms with van der Waals surface area (Å²) < 4.78 is 10.8. The van der Waals surface area contributed by atoms with Crippen LogP contribution in [-0.4, -0.2) is 30.7 Å². The van der Waals surface area contributed by atoms with Gasteiger partial charge in [0.15, 0.2) is 0 Å². The zero-order valence-corrected chi connectivity index (χ0v) is 12.8. The highest BCUT2D eigenvalue weighted by Crippen LogP contribution is 2.30. The van der Waals surface area contributed by atoms with E-state index in [-0.39, 0.29) is 6.04 Å².